The Kier molecular flexibility index (Phi) is 17.2. The summed E-state index contributed by atoms with van der Waals surface area (Å²) < 4.78 is 0. The van der Waals surface area contributed by atoms with E-state index < -0.39 is 24.0 Å². The molecule has 0 rings (SSSR count). The summed E-state index contributed by atoms with van der Waals surface area (Å²) in [5, 5.41) is 19.0. The molecule has 0 aromatic rings. The van der Waals surface area contributed by atoms with Crippen molar-refractivity contribution in [2.45, 2.75) is 89.7 Å². The highest BCUT2D eigenvalue weighted by molar-refractivity contribution is 7.80. The highest BCUT2D eigenvalue weighted by atomic mass is 32.1. The van der Waals surface area contributed by atoms with Crippen LogP contribution in [0.15, 0.2) is 24.3 Å². The number of hydrogen-bond donors (Lipinski definition) is 4. The number of aliphatic carboxylic acids is 1. The third-order valence-electron chi connectivity index (χ3n) is 4.74. The predicted octanol–water partition coefficient (Wildman–Crippen LogP) is 4.30. The Morgan fingerprint density at radius 1 is 1.04 bits per heavy atom. The van der Waals surface area contributed by atoms with E-state index in [1.807, 2.05) is 6.08 Å². The molecular formula is C22H39NO4S. The van der Waals surface area contributed by atoms with Crippen LogP contribution in [-0.4, -0.2) is 39.9 Å². The quantitative estimate of drug-likeness (QED) is 0.152. The first-order chi connectivity index (χ1) is 13.4. The van der Waals surface area contributed by atoms with Gasteiger partial charge in [-0.2, -0.15) is 12.6 Å². The molecule has 0 aromatic heterocycles. The lowest BCUT2D eigenvalue weighted by Gasteiger charge is -2.21. The van der Waals surface area contributed by atoms with Gasteiger partial charge in [0.25, 0.3) is 0 Å². The standard InChI is InChI=1S/C22H39NO4S/c1-2-3-4-5-6-7-8-9-10-11-12-14-18(22(27)19(23)17-28)20(24)15-13-16-21(25)26/h10-12,14,18-20,24,28H,2-9,13,15-17,23H2,1H3,(H,25,26)/b11-10+,14-12+. The Hall–Kier alpha value is -1.11. The first-order valence-electron chi connectivity index (χ1n) is 10.6. The van der Waals surface area contributed by atoms with E-state index in [1.54, 1.807) is 12.2 Å². The maximum Gasteiger partial charge on any atom is 0.303 e. The molecule has 0 spiro atoms. The van der Waals surface area contributed by atoms with Crippen LogP contribution in [0.1, 0.15) is 77.6 Å². The molecule has 4 N–H and O–H groups in total. The van der Waals surface area contributed by atoms with Crippen LogP contribution < -0.4 is 5.73 Å². The second kappa shape index (κ2) is 18.0. The molecule has 0 saturated heterocycles. The molecule has 0 heterocycles. The SMILES string of the molecule is CCCCCCCCC/C=C/C=C/C(C(=O)C(N)CS)C(O)CCCC(=O)O. The van der Waals surface area contributed by atoms with Gasteiger partial charge < -0.3 is 15.9 Å². The molecule has 0 aliphatic carbocycles. The topological polar surface area (TPSA) is 101 Å². The predicted molar refractivity (Wildman–Crippen MR) is 119 cm³/mol. The monoisotopic (exact) mass is 413 g/mol. The van der Waals surface area contributed by atoms with E-state index in [-0.39, 0.29) is 24.4 Å². The molecule has 0 amide bonds. The van der Waals surface area contributed by atoms with E-state index in [4.69, 9.17) is 10.8 Å². The fourth-order valence-corrected chi connectivity index (χ4v) is 3.15. The van der Waals surface area contributed by atoms with Gasteiger partial charge in [-0.05, 0) is 25.7 Å². The summed E-state index contributed by atoms with van der Waals surface area (Å²) in [6, 6.07) is -0.746. The van der Waals surface area contributed by atoms with Crippen molar-refractivity contribution >= 4 is 24.4 Å². The Morgan fingerprint density at radius 3 is 2.29 bits per heavy atom. The van der Waals surface area contributed by atoms with Gasteiger partial charge >= 0.3 is 5.97 Å². The van der Waals surface area contributed by atoms with Crippen molar-refractivity contribution in [2.75, 3.05) is 5.75 Å². The van der Waals surface area contributed by atoms with Crippen LogP contribution >= 0.6 is 12.6 Å². The number of aliphatic hydroxyl groups excluding tert-OH is 1. The fourth-order valence-electron chi connectivity index (χ4n) is 2.97. The summed E-state index contributed by atoms with van der Waals surface area (Å²) >= 11 is 4.06. The van der Waals surface area contributed by atoms with E-state index in [2.05, 4.69) is 25.6 Å². The van der Waals surface area contributed by atoms with Gasteiger partial charge in [-0.1, -0.05) is 69.8 Å². The number of carbonyl (C=O) groups is 2. The largest absolute Gasteiger partial charge is 0.481 e. The fraction of sp³-hybridized carbons (Fsp3) is 0.727. The second-order valence-corrected chi connectivity index (χ2v) is 7.66. The normalized spacial score (nSPS) is 15.1. The lowest BCUT2D eigenvalue weighted by molar-refractivity contribution is -0.137. The van der Waals surface area contributed by atoms with Crippen LogP contribution in [0.3, 0.4) is 0 Å². The van der Waals surface area contributed by atoms with Gasteiger partial charge in [0, 0.05) is 12.2 Å². The Balaban J connectivity index is 4.40. The third kappa shape index (κ3) is 14.0. The molecule has 0 aromatic carbocycles. The molecule has 3 unspecified atom stereocenters. The van der Waals surface area contributed by atoms with Crippen molar-refractivity contribution in [3.05, 3.63) is 24.3 Å². The molecule has 0 fully saturated rings. The summed E-state index contributed by atoms with van der Waals surface area (Å²) in [7, 11) is 0. The van der Waals surface area contributed by atoms with Crippen molar-refractivity contribution in [3.63, 3.8) is 0 Å². The molecule has 5 nitrogen and oxygen atoms in total. The smallest absolute Gasteiger partial charge is 0.303 e. The molecule has 0 radical (unpaired) electrons. The number of hydrogen-bond acceptors (Lipinski definition) is 5. The van der Waals surface area contributed by atoms with Crippen molar-refractivity contribution in [1.82, 2.24) is 0 Å². The van der Waals surface area contributed by atoms with E-state index in [1.165, 1.54) is 38.5 Å². The first kappa shape index (κ1) is 26.9. The van der Waals surface area contributed by atoms with Gasteiger partial charge in [-0.3, -0.25) is 9.59 Å². The molecule has 6 heteroatoms. The van der Waals surface area contributed by atoms with Crippen LogP contribution in [-0.2, 0) is 9.59 Å². The van der Waals surface area contributed by atoms with E-state index in [9.17, 15) is 14.7 Å². The van der Waals surface area contributed by atoms with Crippen LogP contribution in [0.25, 0.3) is 0 Å². The lowest BCUT2D eigenvalue weighted by atomic mass is 9.90. The Morgan fingerprint density at radius 2 is 1.68 bits per heavy atom. The minimum atomic E-state index is -0.939. The lowest BCUT2D eigenvalue weighted by Crippen LogP contribution is -2.41. The Labute approximate surface area is 175 Å². The highest BCUT2D eigenvalue weighted by Gasteiger charge is 2.27. The molecule has 0 aliphatic heterocycles. The number of nitrogens with two attached hydrogens (primary N) is 1. The van der Waals surface area contributed by atoms with Gasteiger partial charge in [0.2, 0.25) is 0 Å². The number of unbranched alkanes of at least 4 members (excludes halogenated alkanes) is 7. The summed E-state index contributed by atoms with van der Waals surface area (Å²) in [6.07, 6.45) is 16.9. The maximum atomic E-state index is 12.4. The number of carbonyl (C=O) groups excluding carboxylic acids is 1. The van der Waals surface area contributed by atoms with Crippen LogP contribution in [0.5, 0.6) is 0 Å². The van der Waals surface area contributed by atoms with Crippen LogP contribution in [0.2, 0.25) is 0 Å². The van der Waals surface area contributed by atoms with Crippen molar-refractivity contribution in [1.29, 1.82) is 0 Å². The average molecular weight is 414 g/mol. The van der Waals surface area contributed by atoms with Gasteiger partial charge in [-0.25, -0.2) is 0 Å². The first-order valence-corrected chi connectivity index (χ1v) is 11.2. The zero-order chi connectivity index (χ0) is 21.2. The maximum absolute atomic E-state index is 12.4. The number of ketones is 1. The molecular weight excluding hydrogens is 374 g/mol. The van der Waals surface area contributed by atoms with E-state index in [0.29, 0.717) is 6.42 Å². The molecule has 3 atom stereocenters. The van der Waals surface area contributed by atoms with E-state index >= 15 is 0 Å². The van der Waals surface area contributed by atoms with Crippen molar-refractivity contribution in [3.8, 4) is 0 Å². The summed E-state index contributed by atoms with van der Waals surface area (Å²) in [6.45, 7) is 2.22. The van der Waals surface area contributed by atoms with Gasteiger partial charge in [-0.15, -0.1) is 0 Å². The number of Topliss-reactive ketones (excluding diaryl/α,β-unsaturated/α-hetero) is 1. The summed E-state index contributed by atoms with van der Waals surface area (Å²) in [4.78, 5) is 23.0. The Bertz CT molecular complexity index is 479. The molecule has 0 aliphatic rings. The second-order valence-electron chi connectivity index (χ2n) is 7.29. The van der Waals surface area contributed by atoms with Gasteiger partial charge in [0.15, 0.2) is 5.78 Å². The average Bonchev–Trinajstić information content (AvgIpc) is 2.67. The highest BCUT2D eigenvalue weighted by Crippen LogP contribution is 2.16. The van der Waals surface area contributed by atoms with Crippen molar-refractivity contribution < 1.29 is 19.8 Å². The van der Waals surface area contributed by atoms with Crippen LogP contribution in [0.4, 0.5) is 0 Å². The van der Waals surface area contributed by atoms with Crippen LogP contribution in [0, 0.1) is 5.92 Å². The number of allylic oxidation sites excluding steroid dienone is 3. The van der Waals surface area contributed by atoms with Gasteiger partial charge in [0.1, 0.15) is 0 Å². The summed E-state index contributed by atoms with van der Waals surface area (Å²) in [5.74, 6) is -1.71. The molecule has 0 bridgehead atoms. The number of rotatable bonds is 18. The summed E-state index contributed by atoms with van der Waals surface area (Å²) in [5.41, 5.74) is 5.78. The number of carboxylic acids is 1. The number of aliphatic hydroxyl groups is 1. The van der Waals surface area contributed by atoms with Crippen molar-refractivity contribution in [2.24, 2.45) is 11.7 Å². The number of carboxylic acid groups (broad SMARTS) is 1. The molecule has 162 valence electrons. The third-order valence-corrected chi connectivity index (χ3v) is 5.13. The molecule has 28 heavy (non-hydrogen) atoms. The zero-order valence-electron chi connectivity index (χ0n) is 17.3. The minimum absolute atomic E-state index is 0.0291. The van der Waals surface area contributed by atoms with E-state index in [0.717, 1.165) is 12.8 Å². The van der Waals surface area contributed by atoms with Gasteiger partial charge in [0.05, 0.1) is 18.1 Å². The zero-order valence-corrected chi connectivity index (χ0v) is 18.2. The molecule has 0 saturated carbocycles. The minimum Gasteiger partial charge on any atom is -0.481 e. The number of thiol groups is 1.